The molecule has 0 radical (unpaired) electrons. The molecule has 3 aromatic rings. The summed E-state index contributed by atoms with van der Waals surface area (Å²) in [5.41, 5.74) is 2.75. The molecule has 0 saturated carbocycles. The molecule has 1 heterocycles. The Bertz CT molecular complexity index is 1040. The number of rotatable bonds is 5. The molecule has 0 saturated heterocycles. The Morgan fingerprint density at radius 2 is 1.89 bits per heavy atom. The van der Waals surface area contributed by atoms with E-state index < -0.39 is 0 Å². The van der Waals surface area contributed by atoms with Crippen molar-refractivity contribution in [1.29, 1.82) is 5.26 Å². The van der Waals surface area contributed by atoms with E-state index in [4.69, 9.17) is 32.7 Å². The van der Waals surface area contributed by atoms with Crippen LogP contribution in [0.1, 0.15) is 10.6 Å². The molecule has 0 atom stereocenters. The summed E-state index contributed by atoms with van der Waals surface area (Å²) in [6, 6.07) is 13.1. The second-order valence-electron chi connectivity index (χ2n) is 5.45. The third kappa shape index (κ3) is 4.25. The third-order valence-electron chi connectivity index (χ3n) is 3.78. The maximum atomic E-state index is 9.62. The van der Waals surface area contributed by atoms with Crippen LogP contribution in [0.2, 0.25) is 10.0 Å². The number of hydrogen-bond donors (Lipinski definition) is 0. The van der Waals surface area contributed by atoms with E-state index >= 15 is 0 Å². The second-order valence-corrected chi connectivity index (χ2v) is 7.15. The van der Waals surface area contributed by atoms with E-state index in [0.29, 0.717) is 31.9 Å². The van der Waals surface area contributed by atoms with Crippen LogP contribution in [0, 0.1) is 11.3 Å². The molecule has 0 fully saturated rings. The Labute approximate surface area is 171 Å². The van der Waals surface area contributed by atoms with E-state index in [1.807, 2.05) is 29.6 Å². The number of benzene rings is 2. The van der Waals surface area contributed by atoms with Crippen molar-refractivity contribution >= 4 is 46.2 Å². The van der Waals surface area contributed by atoms with Crippen molar-refractivity contribution in [3.8, 4) is 28.8 Å². The first kappa shape index (κ1) is 19.2. The molecular weight excluding hydrogens is 403 g/mol. The smallest absolute Gasteiger partial charge is 0.144 e. The highest BCUT2D eigenvalue weighted by Gasteiger charge is 2.13. The molecular formula is C20H14Cl2N2O2S. The van der Waals surface area contributed by atoms with Crippen molar-refractivity contribution in [3.63, 3.8) is 0 Å². The number of ether oxygens (including phenoxy) is 2. The van der Waals surface area contributed by atoms with Gasteiger partial charge in [-0.3, -0.25) is 0 Å². The summed E-state index contributed by atoms with van der Waals surface area (Å²) >= 11 is 13.6. The molecule has 136 valence electrons. The number of allylic oxidation sites excluding steroid dienone is 1. The molecule has 0 bridgehead atoms. The van der Waals surface area contributed by atoms with Crippen LogP contribution < -0.4 is 9.47 Å². The molecule has 0 aliphatic carbocycles. The predicted molar refractivity (Wildman–Crippen MR) is 111 cm³/mol. The Morgan fingerprint density at radius 1 is 1.15 bits per heavy atom. The topological polar surface area (TPSA) is 55.1 Å². The Hall–Kier alpha value is -2.52. The molecule has 4 nitrogen and oxygen atoms in total. The molecule has 0 amide bonds. The van der Waals surface area contributed by atoms with E-state index in [2.05, 4.69) is 11.1 Å². The molecule has 2 aromatic carbocycles. The normalized spacial score (nSPS) is 11.1. The monoisotopic (exact) mass is 416 g/mol. The predicted octanol–water partition coefficient (Wildman–Crippen LogP) is 6.20. The van der Waals surface area contributed by atoms with Gasteiger partial charge in [0, 0.05) is 21.5 Å². The average molecular weight is 417 g/mol. The van der Waals surface area contributed by atoms with Gasteiger partial charge in [-0.25, -0.2) is 4.98 Å². The van der Waals surface area contributed by atoms with Gasteiger partial charge in [-0.15, -0.1) is 11.3 Å². The number of nitrogens with zero attached hydrogens (tertiary/aromatic N) is 2. The number of thiazole rings is 1. The van der Waals surface area contributed by atoms with Gasteiger partial charge >= 0.3 is 0 Å². The van der Waals surface area contributed by atoms with Gasteiger partial charge in [-0.1, -0.05) is 23.2 Å². The van der Waals surface area contributed by atoms with Crippen molar-refractivity contribution in [1.82, 2.24) is 4.98 Å². The van der Waals surface area contributed by atoms with Crippen LogP contribution in [-0.4, -0.2) is 19.2 Å². The minimum Gasteiger partial charge on any atom is -0.497 e. The lowest BCUT2D eigenvalue weighted by molar-refractivity contribution is 0.414. The molecule has 0 unspecified atom stereocenters. The van der Waals surface area contributed by atoms with E-state index in [9.17, 15) is 5.26 Å². The zero-order valence-electron chi connectivity index (χ0n) is 14.5. The summed E-state index contributed by atoms with van der Waals surface area (Å²) in [4.78, 5) is 4.58. The number of methoxy groups -OCH3 is 2. The lowest BCUT2D eigenvalue weighted by Crippen LogP contribution is -1.90. The molecule has 0 aliphatic rings. The van der Waals surface area contributed by atoms with Crippen LogP contribution in [0.5, 0.6) is 11.5 Å². The summed E-state index contributed by atoms with van der Waals surface area (Å²) < 4.78 is 10.5. The van der Waals surface area contributed by atoms with Gasteiger partial charge in [0.25, 0.3) is 0 Å². The highest BCUT2D eigenvalue weighted by Crippen LogP contribution is 2.35. The van der Waals surface area contributed by atoms with E-state index in [-0.39, 0.29) is 0 Å². The first-order chi connectivity index (χ1) is 13.0. The number of halogens is 2. The molecule has 7 heteroatoms. The lowest BCUT2D eigenvalue weighted by Gasteiger charge is -2.08. The first-order valence-electron chi connectivity index (χ1n) is 7.81. The van der Waals surface area contributed by atoms with Crippen LogP contribution in [0.4, 0.5) is 0 Å². The van der Waals surface area contributed by atoms with Crippen molar-refractivity contribution in [2.75, 3.05) is 14.2 Å². The third-order valence-corrected chi connectivity index (χ3v) is 5.16. The standard InChI is InChI=1S/C20H14Cl2N2O2S/c1-25-16-5-3-12(4-6-16)18-11-27-20(24-18)14(10-23)7-13-8-15(21)9-17(22)19(13)26-2/h3-9,11H,1-2H3/b14-7+. The highest BCUT2D eigenvalue weighted by atomic mass is 35.5. The van der Waals surface area contributed by atoms with Crippen LogP contribution in [0.25, 0.3) is 22.9 Å². The molecule has 27 heavy (non-hydrogen) atoms. The minimum atomic E-state index is 0.381. The average Bonchev–Trinajstić information content (AvgIpc) is 3.15. The van der Waals surface area contributed by atoms with Gasteiger partial charge in [0.1, 0.15) is 22.6 Å². The van der Waals surface area contributed by atoms with Crippen LogP contribution >= 0.6 is 34.5 Å². The minimum absolute atomic E-state index is 0.381. The fourth-order valence-corrected chi connectivity index (χ4v) is 3.87. The molecule has 0 spiro atoms. The van der Waals surface area contributed by atoms with Gasteiger partial charge in [0.2, 0.25) is 0 Å². The van der Waals surface area contributed by atoms with E-state index in [1.165, 1.54) is 18.4 Å². The quantitative estimate of drug-likeness (QED) is 0.464. The second kappa shape index (κ2) is 8.45. The Balaban J connectivity index is 1.99. The van der Waals surface area contributed by atoms with E-state index in [1.54, 1.807) is 25.3 Å². The highest BCUT2D eigenvalue weighted by molar-refractivity contribution is 7.11. The fourth-order valence-electron chi connectivity index (χ4n) is 2.49. The van der Waals surface area contributed by atoms with Crippen LogP contribution in [0.15, 0.2) is 41.8 Å². The molecule has 1 aromatic heterocycles. The van der Waals surface area contributed by atoms with Gasteiger partial charge in [0.15, 0.2) is 0 Å². The summed E-state index contributed by atoms with van der Waals surface area (Å²) in [7, 11) is 3.14. The van der Waals surface area contributed by atoms with Gasteiger partial charge < -0.3 is 9.47 Å². The van der Waals surface area contributed by atoms with Gasteiger partial charge in [0.05, 0.1) is 30.5 Å². The maximum Gasteiger partial charge on any atom is 0.144 e. The number of hydrogen-bond acceptors (Lipinski definition) is 5. The van der Waals surface area contributed by atoms with E-state index in [0.717, 1.165) is 17.0 Å². The fraction of sp³-hybridized carbons (Fsp3) is 0.100. The number of aromatic nitrogens is 1. The van der Waals surface area contributed by atoms with Crippen LogP contribution in [0.3, 0.4) is 0 Å². The lowest BCUT2D eigenvalue weighted by atomic mass is 10.1. The van der Waals surface area contributed by atoms with Crippen molar-refractivity contribution in [2.24, 2.45) is 0 Å². The van der Waals surface area contributed by atoms with Crippen LogP contribution in [-0.2, 0) is 0 Å². The SMILES string of the molecule is COc1ccc(-c2csc(/C(C#N)=C/c3cc(Cl)cc(Cl)c3OC)n2)cc1. The molecule has 0 N–H and O–H groups in total. The Morgan fingerprint density at radius 3 is 2.52 bits per heavy atom. The largest absolute Gasteiger partial charge is 0.497 e. The van der Waals surface area contributed by atoms with Gasteiger partial charge in [-0.2, -0.15) is 5.26 Å². The number of nitriles is 1. The van der Waals surface area contributed by atoms with Crippen molar-refractivity contribution in [3.05, 3.63) is 62.4 Å². The summed E-state index contributed by atoms with van der Waals surface area (Å²) in [5.74, 6) is 1.23. The summed E-state index contributed by atoms with van der Waals surface area (Å²) in [6.07, 6.45) is 1.67. The zero-order chi connectivity index (χ0) is 19.4. The Kier molecular flexibility index (Phi) is 6.02. The molecule has 0 aliphatic heterocycles. The summed E-state index contributed by atoms with van der Waals surface area (Å²) in [5, 5.41) is 13.0. The first-order valence-corrected chi connectivity index (χ1v) is 9.44. The maximum absolute atomic E-state index is 9.62. The summed E-state index contributed by atoms with van der Waals surface area (Å²) in [6.45, 7) is 0. The zero-order valence-corrected chi connectivity index (χ0v) is 16.8. The van der Waals surface area contributed by atoms with Crippen molar-refractivity contribution in [2.45, 2.75) is 0 Å². The molecule has 3 rings (SSSR count). The van der Waals surface area contributed by atoms with Gasteiger partial charge in [-0.05, 0) is 42.5 Å². The van der Waals surface area contributed by atoms with Crippen molar-refractivity contribution < 1.29 is 9.47 Å².